The number of carbonyl (C=O) groups excluding carboxylic acids is 1. The molecule has 0 saturated carbocycles. The van der Waals surface area contributed by atoms with Crippen molar-refractivity contribution in [1.29, 1.82) is 0 Å². The Morgan fingerprint density at radius 1 is 1.33 bits per heavy atom. The van der Waals surface area contributed by atoms with Crippen molar-refractivity contribution in [2.45, 2.75) is 25.3 Å². The molecular formula is C19H21ClN3O+. The van der Waals surface area contributed by atoms with E-state index in [1.807, 2.05) is 4.90 Å². The van der Waals surface area contributed by atoms with Gasteiger partial charge in [-0.2, -0.15) is 0 Å². The molecule has 1 unspecified atom stereocenters. The van der Waals surface area contributed by atoms with E-state index < -0.39 is 0 Å². The number of piperidine rings is 1. The number of fused-ring (bicyclic) bond motifs is 3. The number of hydrogen-bond donors (Lipinski definition) is 1. The number of hydrogen-bond acceptors (Lipinski definition) is 2. The normalized spacial score (nSPS) is 25.3. The maximum absolute atomic E-state index is 13.2. The van der Waals surface area contributed by atoms with Crippen molar-refractivity contribution in [3.63, 3.8) is 0 Å². The van der Waals surface area contributed by atoms with Gasteiger partial charge in [-0.3, -0.25) is 4.79 Å². The van der Waals surface area contributed by atoms with Gasteiger partial charge in [-0.05, 0) is 30.7 Å². The van der Waals surface area contributed by atoms with E-state index >= 15 is 0 Å². The first-order chi connectivity index (χ1) is 11.5. The number of rotatable bonds is 1. The van der Waals surface area contributed by atoms with E-state index in [0.717, 1.165) is 25.2 Å². The Labute approximate surface area is 147 Å². The summed E-state index contributed by atoms with van der Waals surface area (Å²) in [5.41, 5.74) is 4.22. The minimum Gasteiger partial charge on any atom is -0.337 e. The molecule has 1 amide bonds. The third kappa shape index (κ3) is 2.50. The van der Waals surface area contributed by atoms with E-state index in [0.29, 0.717) is 16.6 Å². The second-order valence-corrected chi connectivity index (χ2v) is 7.37. The molecule has 3 heterocycles. The summed E-state index contributed by atoms with van der Waals surface area (Å²) in [6.07, 6.45) is 2.60. The van der Waals surface area contributed by atoms with E-state index in [9.17, 15) is 4.79 Å². The molecule has 1 saturated heterocycles. The molecule has 24 heavy (non-hydrogen) atoms. The number of nitrogens with one attached hydrogen (secondary N) is 1. The summed E-state index contributed by atoms with van der Waals surface area (Å²) in [6.45, 7) is 4.28. The van der Waals surface area contributed by atoms with E-state index in [-0.39, 0.29) is 11.9 Å². The summed E-state index contributed by atoms with van der Waals surface area (Å²) < 4.78 is 0. The van der Waals surface area contributed by atoms with Gasteiger partial charge in [0.1, 0.15) is 5.15 Å². The number of likely N-dealkylation sites (tertiary alicyclic amines) is 1. The molecule has 3 atom stereocenters. The van der Waals surface area contributed by atoms with Gasteiger partial charge in [-0.25, -0.2) is 4.98 Å². The van der Waals surface area contributed by atoms with Gasteiger partial charge in [0.2, 0.25) is 0 Å². The number of pyridine rings is 1. The molecule has 124 valence electrons. The van der Waals surface area contributed by atoms with Gasteiger partial charge in [0.05, 0.1) is 37.7 Å². The molecular weight excluding hydrogens is 322 g/mol. The Morgan fingerprint density at radius 3 is 2.92 bits per heavy atom. The lowest BCUT2D eigenvalue weighted by Crippen LogP contribution is -3.11. The number of halogens is 1. The van der Waals surface area contributed by atoms with Crippen LogP contribution in [0.2, 0.25) is 5.15 Å². The van der Waals surface area contributed by atoms with Gasteiger partial charge in [-0.1, -0.05) is 29.3 Å². The van der Waals surface area contributed by atoms with E-state index in [1.54, 1.807) is 18.3 Å². The Balaban J connectivity index is 1.77. The van der Waals surface area contributed by atoms with Gasteiger partial charge < -0.3 is 9.80 Å². The smallest absolute Gasteiger partial charge is 0.260 e. The standard InChI is InChI=1S/C19H20ClN3O/c1-12-3-5-16-14(9-12)15-11-22(2)8-7-17(15)23(16)19(24)13-4-6-18(20)21-10-13/h3-6,9-10,15,17H,7-8,11H2,1-2H3/p+1/t15-,17-/m1/s1. The number of amides is 1. The summed E-state index contributed by atoms with van der Waals surface area (Å²) in [5, 5.41) is 0.407. The van der Waals surface area contributed by atoms with Crippen molar-refractivity contribution in [1.82, 2.24) is 4.98 Å². The second-order valence-electron chi connectivity index (χ2n) is 6.98. The van der Waals surface area contributed by atoms with Gasteiger partial charge in [0.25, 0.3) is 5.91 Å². The Kier molecular flexibility index (Phi) is 3.82. The number of carbonyl (C=O) groups is 1. The number of anilines is 1. The molecule has 2 aromatic rings. The number of nitrogens with zero attached hydrogens (tertiary/aromatic N) is 2. The fourth-order valence-electron chi connectivity index (χ4n) is 4.11. The summed E-state index contributed by atoms with van der Waals surface area (Å²) >= 11 is 5.86. The Morgan fingerprint density at radius 2 is 2.17 bits per heavy atom. The van der Waals surface area contributed by atoms with Crippen LogP contribution >= 0.6 is 11.6 Å². The van der Waals surface area contributed by atoms with Crippen molar-refractivity contribution in [3.8, 4) is 0 Å². The van der Waals surface area contributed by atoms with E-state index in [2.05, 4.69) is 37.2 Å². The van der Waals surface area contributed by atoms with E-state index in [4.69, 9.17) is 11.6 Å². The molecule has 1 N–H and O–H groups in total. The molecule has 5 heteroatoms. The molecule has 0 bridgehead atoms. The fourth-order valence-corrected chi connectivity index (χ4v) is 4.22. The zero-order valence-electron chi connectivity index (χ0n) is 13.9. The van der Waals surface area contributed by atoms with Gasteiger partial charge in [-0.15, -0.1) is 0 Å². The van der Waals surface area contributed by atoms with Crippen LogP contribution < -0.4 is 9.80 Å². The molecule has 0 spiro atoms. The van der Waals surface area contributed by atoms with Crippen molar-refractivity contribution in [3.05, 3.63) is 58.4 Å². The van der Waals surface area contributed by atoms with Crippen LogP contribution in [-0.2, 0) is 0 Å². The Hall–Kier alpha value is -1.91. The minimum absolute atomic E-state index is 0.0244. The molecule has 0 aliphatic carbocycles. The maximum atomic E-state index is 13.2. The first kappa shape index (κ1) is 15.6. The average Bonchev–Trinajstić information content (AvgIpc) is 2.88. The quantitative estimate of drug-likeness (QED) is 0.806. The van der Waals surface area contributed by atoms with Crippen LogP contribution in [0.1, 0.15) is 33.8 Å². The highest BCUT2D eigenvalue weighted by Gasteiger charge is 2.45. The first-order valence-corrected chi connectivity index (χ1v) is 8.79. The second kappa shape index (κ2) is 5.87. The molecule has 4 nitrogen and oxygen atoms in total. The van der Waals surface area contributed by atoms with Crippen LogP contribution in [0.3, 0.4) is 0 Å². The predicted octanol–water partition coefficient (Wildman–Crippen LogP) is 2.07. The molecule has 4 rings (SSSR count). The van der Waals surface area contributed by atoms with Crippen LogP contribution in [0.5, 0.6) is 0 Å². The van der Waals surface area contributed by atoms with Gasteiger partial charge in [0.15, 0.2) is 0 Å². The van der Waals surface area contributed by atoms with Crippen LogP contribution in [-0.4, -0.2) is 37.1 Å². The van der Waals surface area contributed by atoms with E-state index in [1.165, 1.54) is 16.0 Å². The fraction of sp³-hybridized carbons (Fsp3) is 0.368. The monoisotopic (exact) mass is 342 g/mol. The Bertz CT molecular complexity index is 790. The maximum Gasteiger partial charge on any atom is 0.260 e. The van der Waals surface area contributed by atoms with Crippen molar-refractivity contribution in [2.75, 3.05) is 25.0 Å². The zero-order chi connectivity index (χ0) is 16.8. The largest absolute Gasteiger partial charge is 0.337 e. The SMILES string of the molecule is Cc1ccc2c(c1)[C@H]1C[NH+](C)CC[C@H]1N2C(=O)c1ccc(Cl)nc1. The number of quaternary nitrogens is 1. The van der Waals surface area contributed by atoms with Crippen molar-refractivity contribution >= 4 is 23.2 Å². The lowest BCUT2D eigenvalue weighted by molar-refractivity contribution is -0.886. The predicted molar refractivity (Wildman–Crippen MR) is 95.0 cm³/mol. The van der Waals surface area contributed by atoms with Gasteiger partial charge in [0, 0.05) is 18.3 Å². The minimum atomic E-state index is 0.0244. The molecule has 1 fully saturated rings. The van der Waals surface area contributed by atoms with Crippen molar-refractivity contribution in [2.24, 2.45) is 0 Å². The number of aryl methyl sites for hydroxylation is 1. The summed E-state index contributed by atoms with van der Waals surface area (Å²) in [5.74, 6) is 0.439. The summed E-state index contributed by atoms with van der Waals surface area (Å²) in [7, 11) is 2.24. The molecule has 2 aliphatic rings. The summed E-state index contributed by atoms with van der Waals surface area (Å²) in [4.78, 5) is 20.8. The first-order valence-electron chi connectivity index (χ1n) is 8.41. The highest BCUT2D eigenvalue weighted by Crippen LogP contribution is 2.43. The topological polar surface area (TPSA) is 37.6 Å². The summed E-state index contributed by atoms with van der Waals surface area (Å²) in [6, 6.07) is 10.1. The highest BCUT2D eigenvalue weighted by atomic mass is 35.5. The third-order valence-corrected chi connectivity index (χ3v) is 5.49. The van der Waals surface area contributed by atoms with Crippen LogP contribution in [0.15, 0.2) is 36.5 Å². The van der Waals surface area contributed by atoms with Crippen LogP contribution in [0.4, 0.5) is 5.69 Å². The number of benzene rings is 1. The van der Waals surface area contributed by atoms with Gasteiger partial charge >= 0.3 is 0 Å². The number of likely N-dealkylation sites (N-methyl/N-ethyl adjacent to an activating group) is 1. The molecule has 0 radical (unpaired) electrons. The van der Waals surface area contributed by atoms with Crippen LogP contribution in [0, 0.1) is 6.92 Å². The highest BCUT2D eigenvalue weighted by molar-refractivity contribution is 6.29. The van der Waals surface area contributed by atoms with Crippen LogP contribution in [0.25, 0.3) is 0 Å². The molecule has 1 aromatic carbocycles. The number of aromatic nitrogens is 1. The molecule has 2 aliphatic heterocycles. The lowest BCUT2D eigenvalue weighted by atomic mass is 9.89. The zero-order valence-corrected chi connectivity index (χ0v) is 14.7. The molecule has 1 aromatic heterocycles. The van der Waals surface area contributed by atoms with Crippen molar-refractivity contribution < 1.29 is 9.69 Å². The third-order valence-electron chi connectivity index (χ3n) is 5.27. The average molecular weight is 343 g/mol. The lowest BCUT2D eigenvalue weighted by Gasteiger charge is -2.34.